The molecule has 0 radical (unpaired) electrons. The van der Waals surface area contributed by atoms with Crippen LogP contribution in [-0.4, -0.2) is 36.9 Å². The number of fused-ring (bicyclic) bond motifs is 1. The molecule has 3 fully saturated rings. The molecular weight excluding hydrogens is 464 g/mol. The van der Waals surface area contributed by atoms with Crippen LogP contribution in [0.1, 0.15) is 89.5 Å². The van der Waals surface area contributed by atoms with Gasteiger partial charge >= 0.3 is 0 Å². The molecule has 4 nitrogen and oxygen atoms in total. The lowest BCUT2D eigenvalue weighted by atomic mass is 9.86. The van der Waals surface area contributed by atoms with Crippen molar-refractivity contribution in [1.82, 2.24) is 0 Å². The van der Waals surface area contributed by atoms with Crippen molar-refractivity contribution in [3.05, 3.63) is 64.9 Å². The molecule has 0 spiro atoms. The van der Waals surface area contributed by atoms with Gasteiger partial charge in [0.05, 0.1) is 24.5 Å². The van der Waals surface area contributed by atoms with E-state index in [-0.39, 0.29) is 5.41 Å². The van der Waals surface area contributed by atoms with E-state index in [0.29, 0.717) is 11.8 Å². The first-order chi connectivity index (χ1) is 18.6. The SMILES string of the molecule is C=C(C1CCCCC1)N(CC1=C2CC2(C2=NC(C3CC3)=NC2)CC1)c1cccc(C2=NCC(CCC)=C2)c1. The van der Waals surface area contributed by atoms with Crippen molar-refractivity contribution in [2.24, 2.45) is 32.2 Å². The molecule has 0 saturated heterocycles. The van der Waals surface area contributed by atoms with Crippen LogP contribution in [0, 0.1) is 17.3 Å². The molecule has 1 aromatic rings. The van der Waals surface area contributed by atoms with E-state index in [1.807, 2.05) is 0 Å². The number of hydrogen-bond acceptors (Lipinski definition) is 4. The second-order valence-electron chi connectivity index (χ2n) is 12.6. The topological polar surface area (TPSA) is 40.3 Å². The zero-order valence-electron chi connectivity index (χ0n) is 23.1. The van der Waals surface area contributed by atoms with Crippen LogP contribution in [-0.2, 0) is 0 Å². The molecule has 38 heavy (non-hydrogen) atoms. The lowest BCUT2D eigenvalue weighted by molar-refractivity contribution is 0.397. The van der Waals surface area contributed by atoms with Crippen molar-refractivity contribution >= 4 is 22.9 Å². The average molecular weight is 507 g/mol. The quantitative estimate of drug-likeness (QED) is 0.298. The van der Waals surface area contributed by atoms with Gasteiger partial charge in [0.25, 0.3) is 0 Å². The van der Waals surface area contributed by atoms with Crippen LogP contribution in [0.15, 0.2) is 74.3 Å². The third-order valence-corrected chi connectivity index (χ3v) is 9.94. The van der Waals surface area contributed by atoms with Crippen molar-refractivity contribution in [1.29, 1.82) is 0 Å². The Bertz CT molecular complexity index is 1300. The van der Waals surface area contributed by atoms with E-state index >= 15 is 0 Å². The smallest absolute Gasteiger partial charge is 0.126 e. The second kappa shape index (κ2) is 9.77. The summed E-state index contributed by atoms with van der Waals surface area (Å²) < 4.78 is 0. The Labute approximate surface area is 228 Å². The fourth-order valence-corrected chi connectivity index (χ4v) is 7.41. The summed E-state index contributed by atoms with van der Waals surface area (Å²) in [4.78, 5) is 17.4. The largest absolute Gasteiger partial charge is 0.341 e. The number of benzene rings is 1. The maximum absolute atomic E-state index is 5.08. The minimum Gasteiger partial charge on any atom is -0.341 e. The molecule has 0 bridgehead atoms. The van der Waals surface area contributed by atoms with Crippen molar-refractivity contribution < 1.29 is 0 Å². The van der Waals surface area contributed by atoms with Gasteiger partial charge in [0.15, 0.2) is 0 Å². The normalized spacial score (nSPS) is 26.7. The highest BCUT2D eigenvalue weighted by molar-refractivity contribution is 6.12. The number of anilines is 1. The van der Waals surface area contributed by atoms with E-state index in [2.05, 4.69) is 42.2 Å². The van der Waals surface area contributed by atoms with E-state index in [1.54, 1.807) is 11.1 Å². The van der Waals surface area contributed by atoms with Gasteiger partial charge in [-0.15, -0.1) is 0 Å². The van der Waals surface area contributed by atoms with Gasteiger partial charge in [-0.2, -0.15) is 0 Å². The van der Waals surface area contributed by atoms with E-state index in [0.717, 1.165) is 37.6 Å². The van der Waals surface area contributed by atoms with E-state index < -0.39 is 0 Å². The van der Waals surface area contributed by atoms with Crippen LogP contribution in [0.4, 0.5) is 5.69 Å². The Morgan fingerprint density at radius 1 is 1.08 bits per heavy atom. The van der Waals surface area contributed by atoms with Gasteiger partial charge in [0.2, 0.25) is 0 Å². The molecule has 198 valence electrons. The summed E-state index contributed by atoms with van der Waals surface area (Å²) in [5.74, 6) is 2.41. The summed E-state index contributed by atoms with van der Waals surface area (Å²) in [5.41, 5.74) is 11.4. The fraction of sp³-hybridized carbons (Fsp3) is 0.559. The molecule has 0 amide bonds. The molecular formula is C34H42N4. The summed E-state index contributed by atoms with van der Waals surface area (Å²) in [7, 11) is 0. The third-order valence-electron chi connectivity index (χ3n) is 9.94. The van der Waals surface area contributed by atoms with Crippen LogP contribution in [0.25, 0.3) is 0 Å². The maximum Gasteiger partial charge on any atom is 0.126 e. The molecule has 3 saturated carbocycles. The predicted molar refractivity (Wildman–Crippen MR) is 160 cm³/mol. The highest BCUT2D eigenvalue weighted by atomic mass is 15.1. The summed E-state index contributed by atoms with van der Waals surface area (Å²) in [6, 6.07) is 9.11. The Balaban J connectivity index is 1.16. The van der Waals surface area contributed by atoms with Crippen molar-refractivity contribution in [3.8, 4) is 0 Å². The van der Waals surface area contributed by atoms with Crippen molar-refractivity contribution in [2.75, 3.05) is 24.5 Å². The molecule has 0 N–H and O–H groups in total. The molecule has 1 aromatic carbocycles. The zero-order chi connectivity index (χ0) is 25.7. The predicted octanol–water partition coefficient (Wildman–Crippen LogP) is 7.86. The highest BCUT2D eigenvalue weighted by Gasteiger charge is 2.58. The monoisotopic (exact) mass is 506 g/mol. The lowest BCUT2D eigenvalue weighted by Crippen LogP contribution is -2.29. The van der Waals surface area contributed by atoms with Crippen LogP contribution in [0.2, 0.25) is 0 Å². The van der Waals surface area contributed by atoms with E-state index in [4.69, 9.17) is 21.6 Å². The van der Waals surface area contributed by atoms with Crippen LogP contribution in [0.3, 0.4) is 0 Å². The molecule has 0 aromatic heterocycles. The Morgan fingerprint density at radius 3 is 2.74 bits per heavy atom. The number of hydrogen-bond donors (Lipinski definition) is 0. The second-order valence-corrected chi connectivity index (χ2v) is 12.6. The summed E-state index contributed by atoms with van der Waals surface area (Å²) in [6.07, 6.45) is 17.5. The first-order valence-corrected chi connectivity index (χ1v) is 15.3. The zero-order valence-corrected chi connectivity index (χ0v) is 23.1. The van der Waals surface area contributed by atoms with Crippen LogP contribution in [0.5, 0.6) is 0 Å². The van der Waals surface area contributed by atoms with Crippen molar-refractivity contribution in [2.45, 2.75) is 84.0 Å². The van der Waals surface area contributed by atoms with E-state index in [1.165, 1.54) is 98.9 Å². The van der Waals surface area contributed by atoms with Gasteiger partial charge in [0.1, 0.15) is 5.84 Å². The molecule has 4 aliphatic carbocycles. The van der Waals surface area contributed by atoms with Crippen molar-refractivity contribution in [3.63, 3.8) is 0 Å². The molecule has 4 heteroatoms. The molecule has 2 aliphatic heterocycles. The third kappa shape index (κ3) is 4.44. The molecule has 1 atom stereocenters. The van der Waals surface area contributed by atoms with Crippen LogP contribution >= 0.6 is 0 Å². The van der Waals surface area contributed by atoms with Gasteiger partial charge in [0, 0.05) is 34.8 Å². The molecule has 7 rings (SSSR count). The molecule has 6 aliphatic rings. The Kier molecular flexibility index (Phi) is 6.25. The number of rotatable bonds is 10. The van der Waals surface area contributed by atoms with Crippen LogP contribution < -0.4 is 4.90 Å². The van der Waals surface area contributed by atoms with Gasteiger partial charge < -0.3 is 4.90 Å². The van der Waals surface area contributed by atoms with Gasteiger partial charge in [-0.05, 0) is 81.1 Å². The van der Waals surface area contributed by atoms with Gasteiger partial charge in [-0.3, -0.25) is 9.98 Å². The molecule has 1 unspecified atom stereocenters. The van der Waals surface area contributed by atoms with E-state index in [9.17, 15) is 0 Å². The molecule has 2 heterocycles. The number of aliphatic imine (C=N–C) groups is 3. The average Bonchev–Trinajstić information content (AvgIpc) is 3.77. The number of amidine groups is 1. The highest BCUT2D eigenvalue weighted by Crippen LogP contribution is 2.64. The Morgan fingerprint density at radius 2 is 1.95 bits per heavy atom. The standard InChI is InChI=1S/C34H42N4/c1-3-8-24-17-31(35-20-24)27-11-7-12-29(18-27)38(23(2)25-9-5-4-6-10-25)22-28-15-16-34(19-30(28)34)32-21-36-33(37-32)26-13-14-26/h7,11-12,17-18,25-26H,2-6,8-10,13-16,19-22H2,1H3. The minimum absolute atomic E-state index is 0.244. The number of nitrogens with zero attached hydrogens (tertiary/aromatic N) is 4. The summed E-state index contributed by atoms with van der Waals surface area (Å²) in [5, 5.41) is 0. The minimum atomic E-state index is 0.244. The summed E-state index contributed by atoms with van der Waals surface area (Å²) >= 11 is 0. The lowest BCUT2D eigenvalue weighted by Gasteiger charge is -2.34. The maximum atomic E-state index is 5.08. The first kappa shape index (κ1) is 24.3. The van der Waals surface area contributed by atoms with Gasteiger partial charge in [-0.25, -0.2) is 4.99 Å². The van der Waals surface area contributed by atoms with Gasteiger partial charge in [-0.1, -0.05) is 62.5 Å². The first-order valence-electron chi connectivity index (χ1n) is 15.3. The number of allylic oxidation sites excluding steroid dienone is 3. The fourth-order valence-electron chi connectivity index (χ4n) is 7.41. The summed E-state index contributed by atoms with van der Waals surface area (Å²) in [6.45, 7) is 9.68. The Hall–Kier alpha value is -2.75.